The van der Waals surface area contributed by atoms with Crippen LogP contribution in [0.4, 0.5) is 0 Å². The monoisotopic (exact) mass is 318 g/mol. The van der Waals surface area contributed by atoms with Gasteiger partial charge < -0.3 is 10.2 Å². The van der Waals surface area contributed by atoms with Crippen molar-refractivity contribution >= 4 is 0 Å². The van der Waals surface area contributed by atoms with E-state index in [0.717, 1.165) is 36.0 Å². The average molecular weight is 318 g/mol. The second-order valence-corrected chi connectivity index (χ2v) is 6.07. The Balaban J connectivity index is 1.92. The minimum absolute atomic E-state index is 0.278. The smallest absolute Gasteiger partial charge is 0.115 e. The Kier molecular flexibility index (Phi) is 4.85. The van der Waals surface area contributed by atoms with Crippen molar-refractivity contribution in [2.24, 2.45) is 0 Å². The minimum Gasteiger partial charge on any atom is -0.508 e. The van der Waals surface area contributed by atoms with Gasteiger partial charge in [0, 0.05) is 0 Å². The number of hydrogen-bond donors (Lipinski definition) is 2. The van der Waals surface area contributed by atoms with Crippen molar-refractivity contribution in [1.29, 1.82) is 0 Å². The third-order valence-corrected chi connectivity index (χ3v) is 4.29. The van der Waals surface area contributed by atoms with Crippen LogP contribution in [-0.4, -0.2) is 10.2 Å². The molecule has 0 aliphatic carbocycles. The number of rotatable bonds is 5. The molecule has 0 atom stereocenters. The first-order valence-corrected chi connectivity index (χ1v) is 8.39. The zero-order valence-electron chi connectivity index (χ0n) is 13.9. The van der Waals surface area contributed by atoms with E-state index in [1.165, 1.54) is 11.1 Å². The molecule has 2 heteroatoms. The molecule has 0 fully saturated rings. The van der Waals surface area contributed by atoms with E-state index in [1.807, 2.05) is 24.3 Å². The molecule has 0 aliphatic rings. The van der Waals surface area contributed by atoms with Crippen LogP contribution in [-0.2, 0) is 6.42 Å². The van der Waals surface area contributed by atoms with E-state index in [9.17, 15) is 10.2 Å². The molecule has 122 valence electrons. The van der Waals surface area contributed by atoms with Crippen LogP contribution >= 0.6 is 0 Å². The molecule has 3 aromatic rings. The number of hydrogen-bond acceptors (Lipinski definition) is 2. The van der Waals surface area contributed by atoms with E-state index in [-0.39, 0.29) is 5.75 Å². The molecule has 0 saturated heterocycles. The van der Waals surface area contributed by atoms with Gasteiger partial charge in [0.15, 0.2) is 0 Å². The fourth-order valence-corrected chi connectivity index (χ4v) is 2.93. The first-order chi connectivity index (χ1) is 11.7. The lowest BCUT2D eigenvalue weighted by molar-refractivity contribution is 0.474. The molecule has 0 amide bonds. The van der Waals surface area contributed by atoms with Gasteiger partial charge in [0.05, 0.1) is 0 Å². The van der Waals surface area contributed by atoms with Gasteiger partial charge in [-0.3, -0.25) is 0 Å². The zero-order chi connectivity index (χ0) is 16.9. The molecular weight excluding hydrogens is 296 g/mol. The fourth-order valence-electron chi connectivity index (χ4n) is 2.93. The predicted molar refractivity (Wildman–Crippen MR) is 99.3 cm³/mol. The van der Waals surface area contributed by atoms with Gasteiger partial charge in [0.1, 0.15) is 11.5 Å². The van der Waals surface area contributed by atoms with Gasteiger partial charge in [-0.2, -0.15) is 0 Å². The van der Waals surface area contributed by atoms with Crippen LogP contribution in [0.5, 0.6) is 11.5 Å². The van der Waals surface area contributed by atoms with E-state index in [1.54, 1.807) is 18.2 Å². The molecule has 2 N–H and O–H groups in total. The van der Waals surface area contributed by atoms with Crippen LogP contribution in [0, 0.1) is 0 Å². The molecule has 0 unspecified atom stereocenters. The van der Waals surface area contributed by atoms with Crippen LogP contribution in [0.1, 0.15) is 25.3 Å². The highest BCUT2D eigenvalue weighted by atomic mass is 16.3. The Hall–Kier alpha value is -2.74. The van der Waals surface area contributed by atoms with Gasteiger partial charge in [-0.1, -0.05) is 55.8 Å². The molecule has 0 heterocycles. The predicted octanol–water partition coefficient (Wildman–Crippen LogP) is 5.77. The molecule has 3 rings (SSSR count). The SMILES string of the molecule is CCCCc1cc(O)ccc1-c1ccc(-c2ccc(O)cc2)cc1. The normalized spacial score (nSPS) is 10.7. The van der Waals surface area contributed by atoms with E-state index in [4.69, 9.17) is 0 Å². The summed E-state index contributed by atoms with van der Waals surface area (Å²) in [5.41, 5.74) is 5.72. The molecule has 0 bridgehead atoms. The summed E-state index contributed by atoms with van der Waals surface area (Å²) in [6.07, 6.45) is 3.22. The zero-order valence-corrected chi connectivity index (χ0v) is 13.9. The van der Waals surface area contributed by atoms with Crippen molar-refractivity contribution in [2.75, 3.05) is 0 Å². The number of benzene rings is 3. The summed E-state index contributed by atoms with van der Waals surface area (Å²) in [4.78, 5) is 0. The summed E-state index contributed by atoms with van der Waals surface area (Å²) in [5.74, 6) is 0.602. The fraction of sp³-hybridized carbons (Fsp3) is 0.182. The summed E-state index contributed by atoms with van der Waals surface area (Å²) in [7, 11) is 0. The highest BCUT2D eigenvalue weighted by Gasteiger charge is 2.07. The van der Waals surface area contributed by atoms with Crippen LogP contribution in [0.25, 0.3) is 22.3 Å². The lowest BCUT2D eigenvalue weighted by atomic mass is 9.94. The van der Waals surface area contributed by atoms with E-state index in [0.29, 0.717) is 5.75 Å². The Labute approximate surface area is 143 Å². The van der Waals surface area contributed by atoms with Crippen LogP contribution < -0.4 is 0 Å². The Bertz CT molecular complexity index is 802. The van der Waals surface area contributed by atoms with Gasteiger partial charge in [0.2, 0.25) is 0 Å². The largest absolute Gasteiger partial charge is 0.508 e. The third-order valence-electron chi connectivity index (χ3n) is 4.29. The van der Waals surface area contributed by atoms with Gasteiger partial charge in [0.25, 0.3) is 0 Å². The molecule has 2 nitrogen and oxygen atoms in total. The topological polar surface area (TPSA) is 40.5 Å². The summed E-state index contributed by atoms with van der Waals surface area (Å²) in [5, 5.41) is 19.2. The van der Waals surface area contributed by atoms with Crippen molar-refractivity contribution in [1.82, 2.24) is 0 Å². The first-order valence-electron chi connectivity index (χ1n) is 8.39. The molecule has 3 aromatic carbocycles. The van der Waals surface area contributed by atoms with E-state index < -0.39 is 0 Å². The van der Waals surface area contributed by atoms with E-state index in [2.05, 4.69) is 31.2 Å². The van der Waals surface area contributed by atoms with Crippen molar-refractivity contribution in [3.63, 3.8) is 0 Å². The second-order valence-electron chi connectivity index (χ2n) is 6.07. The second kappa shape index (κ2) is 7.22. The van der Waals surface area contributed by atoms with Crippen molar-refractivity contribution in [3.05, 3.63) is 72.3 Å². The highest BCUT2D eigenvalue weighted by Crippen LogP contribution is 2.30. The number of aromatic hydroxyl groups is 2. The Morgan fingerprint density at radius 1 is 0.667 bits per heavy atom. The van der Waals surface area contributed by atoms with Gasteiger partial charge >= 0.3 is 0 Å². The molecule has 0 saturated carbocycles. The molecule has 24 heavy (non-hydrogen) atoms. The summed E-state index contributed by atoms with van der Waals surface area (Å²) in [6.45, 7) is 2.18. The first kappa shape index (κ1) is 16.1. The van der Waals surface area contributed by atoms with Crippen molar-refractivity contribution < 1.29 is 10.2 Å². The lowest BCUT2D eigenvalue weighted by Crippen LogP contribution is -1.90. The molecule has 0 aliphatic heterocycles. The number of phenols is 2. The van der Waals surface area contributed by atoms with Crippen molar-refractivity contribution in [2.45, 2.75) is 26.2 Å². The average Bonchev–Trinajstić information content (AvgIpc) is 2.61. The van der Waals surface area contributed by atoms with Gasteiger partial charge in [-0.15, -0.1) is 0 Å². The maximum atomic E-state index is 9.78. The Morgan fingerprint density at radius 2 is 1.21 bits per heavy atom. The summed E-state index contributed by atoms with van der Waals surface area (Å²) in [6, 6.07) is 21.3. The maximum Gasteiger partial charge on any atom is 0.115 e. The molecule has 0 spiro atoms. The molecule has 0 radical (unpaired) electrons. The molecule has 0 aromatic heterocycles. The number of aryl methyl sites for hydroxylation is 1. The van der Waals surface area contributed by atoms with Crippen LogP contribution in [0.3, 0.4) is 0 Å². The standard InChI is InChI=1S/C22H22O2/c1-2-3-4-19-15-21(24)13-14-22(19)18-7-5-16(6-8-18)17-9-11-20(23)12-10-17/h5-15,23-24H,2-4H2,1H3. The van der Waals surface area contributed by atoms with Crippen LogP contribution in [0.15, 0.2) is 66.7 Å². The summed E-state index contributed by atoms with van der Waals surface area (Å²) < 4.78 is 0. The third kappa shape index (κ3) is 3.60. The lowest BCUT2D eigenvalue weighted by Gasteiger charge is -2.11. The highest BCUT2D eigenvalue weighted by molar-refractivity contribution is 5.73. The number of unbranched alkanes of at least 4 members (excludes halogenated alkanes) is 1. The maximum absolute atomic E-state index is 9.78. The van der Waals surface area contributed by atoms with E-state index >= 15 is 0 Å². The number of phenolic OH excluding ortho intramolecular Hbond substituents is 2. The Morgan fingerprint density at radius 3 is 1.83 bits per heavy atom. The quantitative estimate of drug-likeness (QED) is 0.626. The van der Waals surface area contributed by atoms with Crippen LogP contribution in [0.2, 0.25) is 0 Å². The van der Waals surface area contributed by atoms with Gasteiger partial charge in [-0.05, 0) is 64.9 Å². The van der Waals surface area contributed by atoms with Gasteiger partial charge in [-0.25, -0.2) is 0 Å². The van der Waals surface area contributed by atoms with Crippen molar-refractivity contribution in [3.8, 4) is 33.8 Å². The summed E-state index contributed by atoms with van der Waals surface area (Å²) >= 11 is 0. The molecular formula is C22H22O2. The minimum atomic E-state index is 0.278.